The van der Waals surface area contributed by atoms with Crippen LogP contribution in [0.25, 0.3) is 5.65 Å². The van der Waals surface area contributed by atoms with Gasteiger partial charge in [0.2, 0.25) is 0 Å². The zero-order valence-electron chi connectivity index (χ0n) is 14.2. The van der Waals surface area contributed by atoms with Gasteiger partial charge in [-0.15, -0.1) is 0 Å². The molecule has 130 valence electrons. The molecule has 0 aliphatic carbocycles. The number of hydrogen-bond donors (Lipinski definition) is 2. The number of hydrogen-bond acceptors (Lipinski definition) is 2. The van der Waals surface area contributed by atoms with Gasteiger partial charge in [0, 0.05) is 39.0 Å². The Balaban J connectivity index is 1.43. The number of aromatic nitrogens is 2. The van der Waals surface area contributed by atoms with Crippen molar-refractivity contribution in [2.45, 2.75) is 12.8 Å². The molecule has 0 aliphatic rings. The first-order valence-electron chi connectivity index (χ1n) is 8.36. The average molecular weight is 339 g/mol. The second kappa shape index (κ2) is 8.28. The Morgan fingerprint density at radius 1 is 1.12 bits per heavy atom. The highest BCUT2D eigenvalue weighted by atomic mass is 19.1. The van der Waals surface area contributed by atoms with E-state index in [4.69, 9.17) is 0 Å². The summed E-state index contributed by atoms with van der Waals surface area (Å²) in [6.45, 7) is 1.43. The molecular formula is C19H22FN5. The highest BCUT2D eigenvalue weighted by Gasteiger charge is 2.02. The highest BCUT2D eigenvalue weighted by molar-refractivity contribution is 5.79. The Kier molecular flexibility index (Phi) is 5.61. The number of rotatable bonds is 6. The van der Waals surface area contributed by atoms with Crippen molar-refractivity contribution in [1.82, 2.24) is 20.0 Å². The van der Waals surface area contributed by atoms with Crippen LogP contribution >= 0.6 is 0 Å². The van der Waals surface area contributed by atoms with Crippen LogP contribution in [0, 0.1) is 5.82 Å². The minimum Gasteiger partial charge on any atom is -0.356 e. The van der Waals surface area contributed by atoms with Crippen molar-refractivity contribution >= 4 is 11.6 Å². The lowest BCUT2D eigenvalue weighted by Gasteiger charge is -2.11. The number of nitrogens with one attached hydrogen (secondary N) is 2. The van der Waals surface area contributed by atoms with Crippen molar-refractivity contribution in [2.24, 2.45) is 4.99 Å². The molecule has 0 aliphatic heterocycles. The third kappa shape index (κ3) is 4.79. The molecular weight excluding hydrogens is 317 g/mol. The number of nitrogens with zero attached hydrogens (tertiary/aromatic N) is 3. The van der Waals surface area contributed by atoms with Crippen LogP contribution in [-0.2, 0) is 12.8 Å². The molecule has 6 heteroatoms. The van der Waals surface area contributed by atoms with E-state index in [0.29, 0.717) is 6.54 Å². The van der Waals surface area contributed by atoms with Crippen LogP contribution < -0.4 is 10.6 Å². The van der Waals surface area contributed by atoms with Gasteiger partial charge in [0.05, 0.1) is 5.69 Å². The molecule has 0 fully saturated rings. The molecule has 0 saturated carbocycles. The summed E-state index contributed by atoms with van der Waals surface area (Å²) in [6, 6.07) is 12.6. The fourth-order valence-corrected chi connectivity index (χ4v) is 2.65. The molecule has 25 heavy (non-hydrogen) atoms. The van der Waals surface area contributed by atoms with Gasteiger partial charge in [-0.05, 0) is 36.2 Å². The summed E-state index contributed by atoms with van der Waals surface area (Å²) in [5.74, 6) is 0.535. The van der Waals surface area contributed by atoms with Crippen molar-refractivity contribution < 1.29 is 4.39 Å². The fourth-order valence-electron chi connectivity index (χ4n) is 2.65. The summed E-state index contributed by atoms with van der Waals surface area (Å²) in [5.41, 5.74) is 2.96. The van der Waals surface area contributed by atoms with E-state index in [1.165, 1.54) is 6.07 Å². The number of halogens is 1. The van der Waals surface area contributed by atoms with Gasteiger partial charge < -0.3 is 15.0 Å². The van der Waals surface area contributed by atoms with Crippen molar-refractivity contribution in [1.29, 1.82) is 0 Å². The molecule has 1 aromatic carbocycles. The molecule has 0 bridgehead atoms. The number of aliphatic imine (C=N–C) groups is 1. The molecule has 0 amide bonds. The van der Waals surface area contributed by atoms with E-state index in [-0.39, 0.29) is 5.82 Å². The molecule has 0 unspecified atom stereocenters. The third-order valence-electron chi connectivity index (χ3n) is 3.91. The molecule has 0 atom stereocenters. The van der Waals surface area contributed by atoms with Crippen molar-refractivity contribution in [3.05, 3.63) is 71.9 Å². The number of guanidine groups is 1. The van der Waals surface area contributed by atoms with Crippen molar-refractivity contribution in [2.75, 3.05) is 20.1 Å². The first kappa shape index (κ1) is 17.0. The molecule has 2 N–H and O–H groups in total. The predicted octanol–water partition coefficient (Wildman–Crippen LogP) is 2.42. The topological polar surface area (TPSA) is 53.7 Å². The van der Waals surface area contributed by atoms with Gasteiger partial charge in [-0.1, -0.05) is 18.2 Å². The number of pyridine rings is 1. The summed E-state index contributed by atoms with van der Waals surface area (Å²) in [7, 11) is 1.74. The molecule has 3 aromatic rings. The lowest BCUT2D eigenvalue weighted by atomic mass is 10.1. The molecule has 2 heterocycles. The van der Waals surface area contributed by atoms with Crippen LogP contribution in [0.1, 0.15) is 11.3 Å². The molecule has 5 nitrogen and oxygen atoms in total. The quantitative estimate of drug-likeness (QED) is 0.536. The Morgan fingerprint density at radius 2 is 1.96 bits per heavy atom. The summed E-state index contributed by atoms with van der Waals surface area (Å²) in [4.78, 5) is 8.78. The Labute approximate surface area is 146 Å². The van der Waals surface area contributed by atoms with Crippen LogP contribution in [0.4, 0.5) is 4.39 Å². The van der Waals surface area contributed by atoms with Gasteiger partial charge in [0.15, 0.2) is 5.96 Å². The summed E-state index contributed by atoms with van der Waals surface area (Å²) >= 11 is 0. The van der Waals surface area contributed by atoms with E-state index in [9.17, 15) is 4.39 Å². The first-order chi connectivity index (χ1) is 12.2. The Hall–Kier alpha value is -2.89. The summed E-state index contributed by atoms with van der Waals surface area (Å²) in [5, 5.41) is 6.52. The standard InChI is InChI=1S/C19H22FN5/c1-21-19(22-10-8-15-5-4-6-16(20)13-15)23-11-9-17-14-25-12-3-2-7-18(25)24-17/h2-7,12-14H,8-11H2,1H3,(H2,21,22,23). The minimum atomic E-state index is -0.201. The third-order valence-corrected chi connectivity index (χ3v) is 3.91. The average Bonchev–Trinajstić information content (AvgIpc) is 3.03. The molecule has 0 saturated heterocycles. The molecule has 0 radical (unpaired) electrons. The second-order valence-corrected chi connectivity index (χ2v) is 5.75. The van der Waals surface area contributed by atoms with Crippen LogP contribution in [-0.4, -0.2) is 35.5 Å². The second-order valence-electron chi connectivity index (χ2n) is 5.75. The van der Waals surface area contributed by atoms with E-state index in [0.717, 1.165) is 42.3 Å². The number of imidazole rings is 1. The smallest absolute Gasteiger partial charge is 0.190 e. The molecule has 0 spiro atoms. The van der Waals surface area contributed by atoms with Gasteiger partial charge in [-0.2, -0.15) is 0 Å². The van der Waals surface area contributed by atoms with E-state index >= 15 is 0 Å². The van der Waals surface area contributed by atoms with Crippen molar-refractivity contribution in [3.63, 3.8) is 0 Å². The van der Waals surface area contributed by atoms with Crippen molar-refractivity contribution in [3.8, 4) is 0 Å². The van der Waals surface area contributed by atoms with E-state index < -0.39 is 0 Å². The predicted molar refractivity (Wildman–Crippen MR) is 98.4 cm³/mol. The van der Waals surface area contributed by atoms with Crippen LogP contribution in [0.3, 0.4) is 0 Å². The van der Waals surface area contributed by atoms with Crippen LogP contribution in [0.2, 0.25) is 0 Å². The Morgan fingerprint density at radius 3 is 2.72 bits per heavy atom. The number of benzene rings is 1. The van der Waals surface area contributed by atoms with E-state index in [1.54, 1.807) is 19.2 Å². The van der Waals surface area contributed by atoms with E-state index in [1.807, 2.05) is 41.1 Å². The van der Waals surface area contributed by atoms with Gasteiger partial charge >= 0.3 is 0 Å². The zero-order chi connectivity index (χ0) is 17.5. The lowest BCUT2D eigenvalue weighted by Crippen LogP contribution is -2.39. The maximum Gasteiger partial charge on any atom is 0.190 e. The summed E-state index contributed by atoms with van der Waals surface area (Å²) < 4.78 is 15.2. The van der Waals surface area contributed by atoms with E-state index in [2.05, 4.69) is 20.6 Å². The monoisotopic (exact) mass is 339 g/mol. The SMILES string of the molecule is CN=C(NCCc1cccc(F)c1)NCCc1cn2ccccc2n1. The Bertz CT molecular complexity index is 823. The highest BCUT2D eigenvalue weighted by Crippen LogP contribution is 2.05. The maximum atomic E-state index is 13.2. The lowest BCUT2D eigenvalue weighted by molar-refractivity contribution is 0.625. The fraction of sp³-hybridized carbons (Fsp3) is 0.263. The minimum absolute atomic E-state index is 0.201. The van der Waals surface area contributed by atoms with Crippen LogP contribution in [0.5, 0.6) is 0 Å². The van der Waals surface area contributed by atoms with Crippen LogP contribution in [0.15, 0.2) is 59.9 Å². The van der Waals surface area contributed by atoms with Gasteiger partial charge in [0.1, 0.15) is 11.5 Å². The van der Waals surface area contributed by atoms with Gasteiger partial charge in [-0.3, -0.25) is 4.99 Å². The largest absolute Gasteiger partial charge is 0.356 e. The number of fused-ring (bicyclic) bond motifs is 1. The summed E-state index contributed by atoms with van der Waals surface area (Å²) in [6.07, 6.45) is 5.58. The molecule has 3 rings (SSSR count). The normalized spacial score (nSPS) is 11.7. The molecule has 2 aromatic heterocycles. The first-order valence-corrected chi connectivity index (χ1v) is 8.36. The van der Waals surface area contributed by atoms with Gasteiger partial charge in [-0.25, -0.2) is 9.37 Å². The van der Waals surface area contributed by atoms with Gasteiger partial charge in [0.25, 0.3) is 0 Å². The zero-order valence-corrected chi connectivity index (χ0v) is 14.2. The maximum absolute atomic E-state index is 13.2.